The van der Waals surface area contributed by atoms with Gasteiger partial charge in [-0.25, -0.2) is 9.37 Å². The lowest BCUT2D eigenvalue weighted by Gasteiger charge is -2.36. The smallest absolute Gasteiger partial charge is 0.171 e. The van der Waals surface area contributed by atoms with Crippen LogP contribution >= 0.6 is 0 Å². The molecule has 0 saturated carbocycles. The van der Waals surface area contributed by atoms with Gasteiger partial charge in [0.05, 0.1) is 6.61 Å². The first kappa shape index (κ1) is 13.2. The van der Waals surface area contributed by atoms with Crippen molar-refractivity contribution in [3.63, 3.8) is 0 Å². The fraction of sp³-hybridized carbons (Fsp3) is 0.615. The van der Waals surface area contributed by atoms with E-state index in [0.717, 1.165) is 25.9 Å². The minimum absolute atomic E-state index is 0.282. The molecule has 0 amide bonds. The molecule has 1 fully saturated rings. The lowest BCUT2D eigenvalue weighted by atomic mass is 10.0. The lowest BCUT2D eigenvalue weighted by Crippen LogP contribution is -2.42. The summed E-state index contributed by atoms with van der Waals surface area (Å²) in [6.07, 6.45) is 3.58. The molecule has 0 bridgehead atoms. The number of halogens is 1. The molecule has 1 aliphatic heterocycles. The van der Waals surface area contributed by atoms with Crippen LogP contribution in [-0.4, -0.2) is 48.2 Å². The number of aliphatic hydroxyl groups excluding tert-OH is 1. The molecule has 18 heavy (non-hydrogen) atoms. The summed E-state index contributed by atoms with van der Waals surface area (Å²) in [4.78, 5) is 8.29. The fourth-order valence-electron chi connectivity index (χ4n) is 2.41. The van der Waals surface area contributed by atoms with Crippen molar-refractivity contribution in [1.29, 1.82) is 0 Å². The van der Waals surface area contributed by atoms with E-state index in [9.17, 15) is 4.39 Å². The predicted octanol–water partition coefficient (Wildman–Crippen LogP) is 1.24. The van der Waals surface area contributed by atoms with Crippen molar-refractivity contribution >= 4 is 5.82 Å². The zero-order valence-corrected chi connectivity index (χ0v) is 10.9. The average Bonchev–Trinajstić information content (AvgIpc) is 2.39. The van der Waals surface area contributed by atoms with E-state index in [4.69, 9.17) is 5.11 Å². The van der Waals surface area contributed by atoms with Gasteiger partial charge in [-0.15, -0.1) is 0 Å². The SMILES string of the molecule is CN(C)C1CCN(c2nccc(CO)c2F)CC1. The molecule has 1 saturated heterocycles. The molecule has 0 atom stereocenters. The Morgan fingerprint density at radius 1 is 1.44 bits per heavy atom. The second-order valence-electron chi connectivity index (χ2n) is 4.95. The summed E-state index contributed by atoms with van der Waals surface area (Å²) >= 11 is 0. The molecular formula is C13H20FN3O. The molecule has 0 aromatic carbocycles. The number of anilines is 1. The number of hydrogen-bond acceptors (Lipinski definition) is 4. The van der Waals surface area contributed by atoms with Crippen LogP contribution in [0.5, 0.6) is 0 Å². The third kappa shape index (κ3) is 2.62. The highest BCUT2D eigenvalue weighted by Crippen LogP contribution is 2.24. The number of aromatic nitrogens is 1. The van der Waals surface area contributed by atoms with Gasteiger partial charge >= 0.3 is 0 Å². The van der Waals surface area contributed by atoms with E-state index >= 15 is 0 Å². The summed E-state index contributed by atoms with van der Waals surface area (Å²) in [6, 6.07) is 2.08. The van der Waals surface area contributed by atoms with E-state index in [0.29, 0.717) is 17.4 Å². The maximum Gasteiger partial charge on any atom is 0.171 e. The highest BCUT2D eigenvalue weighted by atomic mass is 19.1. The Bertz CT molecular complexity index is 403. The number of pyridine rings is 1. The van der Waals surface area contributed by atoms with Crippen LogP contribution in [0.4, 0.5) is 10.2 Å². The number of piperidine rings is 1. The molecule has 2 heterocycles. The van der Waals surface area contributed by atoms with Gasteiger partial charge in [-0.1, -0.05) is 0 Å². The van der Waals surface area contributed by atoms with Crippen LogP contribution < -0.4 is 4.90 Å². The normalized spacial score (nSPS) is 17.5. The maximum atomic E-state index is 14.0. The Labute approximate surface area is 107 Å². The van der Waals surface area contributed by atoms with Crippen molar-refractivity contribution in [2.45, 2.75) is 25.5 Å². The van der Waals surface area contributed by atoms with Gasteiger partial charge in [0.15, 0.2) is 11.6 Å². The first-order chi connectivity index (χ1) is 8.63. The summed E-state index contributed by atoms with van der Waals surface area (Å²) in [5.74, 6) is -0.0120. The molecular weight excluding hydrogens is 233 g/mol. The van der Waals surface area contributed by atoms with Crippen LogP contribution in [0.15, 0.2) is 12.3 Å². The van der Waals surface area contributed by atoms with Crippen molar-refractivity contribution in [2.24, 2.45) is 0 Å². The monoisotopic (exact) mass is 253 g/mol. The number of hydrogen-bond donors (Lipinski definition) is 1. The maximum absolute atomic E-state index is 14.0. The van der Waals surface area contributed by atoms with Crippen molar-refractivity contribution in [3.05, 3.63) is 23.6 Å². The van der Waals surface area contributed by atoms with E-state index in [1.54, 1.807) is 6.20 Å². The molecule has 1 aromatic heterocycles. The van der Waals surface area contributed by atoms with Crippen molar-refractivity contribution in [1.82, 2.24) is 9.88 Å². The molecule has 1 aliphatic rings. The topological polar surface area (TPSA) is 39.6 Å². The van der Waals surface area contributed by atoms with Gasteiger partial charge in [-0.3, -0.25) is 0 Å². The summed E-state index contributed by atoms with van der Waals surface area (Å²) < 4.78 is 14.0. The average molecular weight is 253 g/mol. The van der Waals surface area contributed by atoms with E-state index in [1.165, 1.54) is 6.07 Å². The molecule has 0 spiro atoms. The molecule has 1 aromatic rings. The minimum Gasteiger partial charge on any atom is -0.392 e. The van der Waals surface area contributed by atoms with Gasteiger partial charge in [0.1, 0.15) is 0 Å². The van der Waals surface area contributed by atoms with Gasteiger partial charge < -0.3 is 14.9 Å². The van der Waals surface area contributed by atoms with Gasteiger partial charge in [-0.2, -0.15) is 0 Å². The quantitative estimate of drug-likeness (QED) is 0.880. The van der Waals surface area contributed by atoms with Gasteiger partial charge in [-0.05, 0) is 33.0 Å². The number of rotatable bonds is 3. The van der Waals surface area contributed by atoms with Crippen molar-refractivity contribution in [2.75, 3.05) is 32.1 Å². The molecule has 0 aliphatic carbocycles. The standard InChI is InChI=1S/C13H20FN3O/c1-16(2)11-4-7-17(8-5-11)13-12(14)10(9-18)3-6-15-13/h3,6,11,18H,4-5,7-9H2,1-2H3. The molecule has 4 nitrogen and oxygen atoms in total. The van der Waals surface area contributed by atoms with Crippen LogP contribution in [0.2, 0.25) is 0 Å². The third-order valence-electron chi connectivity index (χ3n) is 3.62. The van der Waals surface area contributed by atoms with E-state index in [-0.39, 0.29) is 12.4 Å². The van der Waals surface area contributed by atoms with Crippen LogP contribution in [0.3, 0.4) is 0 Å². The molecule has 5 heteroatoms. The molecule has 100 valence electrons. The predicted molar refractivity (Wildman–Crippen MR) is 69.0 cm³/mol. The third-order valence-corrected chi connectivity index (χ3v) is 3.62. The van der Waals surface area contributed by atoms with Crippen molar-refractivity contribution in [3.8, 4) is 0 Å². The molecule has 1 N–H and O–H groups in total. The second kappa shape index (κ2) is 5.63. The summed E-state index contributed by atoms with van der Waals surface area (Å²) in [6.45, 7) is 1.33. The zero-order chi connectivity index (χ0) is 13.1. The summed E-state index contributed by atoms with van der Waals surface area (Å²) in [5.41, 5.74) is 0.315. The Hall–Kier alpha value is -1.20. The molecule has 0 radical (unpaired) electrons. The Balaban J connectivity index is 2.10. The van der Waals surface area contributed by atoms with Crippen LogP contribution in [0.1, 0.15) is 18.4 Å². The van der Waals surface area contributed by atoms with Crippen molar-refractivity contribution < 1.29 is 9.50 Å². The van der Waals surface area contributed by atoms with Gasteiger partial charge in [0, 0.05) is 30.9 Å². The second-order valence-corrected chi connectivity index (χ2v) is 4.95. The van der Waals surface area contributed by atoms with Crippen LogP contribution in [-0.2, 0) is 6.61 Å². The highest BCUT2D eigenvalue weighted by Gasteiger charge is 2.23. The minimum atomic E-state index is -0.386. The van der Waals surface area contributed by atoms with E-state index < -0.39 is 0 Å². The van der Waals surface area contributed by atoms with Crippen LogP contribution in [0.25, 0.3) is 0 Å². The van der Waals surface area contributed by atoms with Crippen LogP contribution in [0, 0.1) is 5.82 Å². The number of aliphatic hydroxyl groups is 1. The Kier molecular flexibility index (Phi) is 4.14. The van der Waals surface area contributed by atoms with Gasteiger partial charge in [0.2, 0.25) is 0 Å². The first-order valence-electron chi connectivity index (χ1n) is 6.29. The fourth-order valence-corrected chi connectivity index (χ4v) is 2.41. The summed E-state index contributed by atoms with van der Waals surface area (Å²) in [5, 5.41) is 9.06. The number of nitrogens with zero attached hydrogens (tertiary/aromatic N) is 3. The molecule has 2 rings (SSSR count). The van der Waals surface area contributed by atoms with Gasteiger partial charge in [0.25, 0.3) is 0 Å². The highest BCUT2D eigenvalue weighted by molar-refractivity contribution is 5.43. The Morgan fingerprint density at radius 2 is 2.11 bits per heavy atom. The van der Waals surface area contributed by atoms with E-state index in [2.05, 4.69) is 24.0 Å². The van der Waals surface area contributed by atoms with E-state index in [1.807, 2.05) is 4.90 Å². The summed E-state index contributed by atoms with van der Waals surface area (Å²) in [7, 11) is 4.15. The lowest BCUT2D eigenvalue weighted by molar-refractivity contribution is 0.248. The first-order valence-corrected chi connectivity index (χ1v) is 6.29. The molecule has 0 unspecified atom stereocenters. The Morgan fingerprint density at radius 3 is 2.67 bits per heavy atom. The largest absolute Gasteiger partial charge is 0.392 e. The zero-order valence-electron chi connectivity index (χ0n) is 10.9.